The summed E-state index contributed by atoms with van der Waals surface area (Å²) in [4.78, 5) is 13.6. The third kappa shape index (κ3) is 5.20. The molecule has 2 aromatic rings. The zero-order chi connectivity index (χ0) is 17.5. The van der Waals surface area contributed by atoms with Crippen molar-refractivity contribution in [3.05, 3.63) is 42.5 Å². The molecule has 1 aliphatic heterocycles. The minimum atomic E-state index is -0.0464. The van der Waals surface area contributed by atoms with Gasteiger partial charge in [-0.05, 0) is 49.1 Å². The van der Waals surface area contributed by atoms with Crippen LogP contribution in [0.4, 0.5) is 0 Å². The fraction of sp³-hybridized carbons (Fsp3) is 0.476. The van der Waals surface area contributed by atoms with E-state index in [9.17, 15) is 4.79 Å². The van der Waals surface area contributed by atoms with E-state index in [1.807, 2.05) is 36.4 Å². The van der Waals surface area contributed by atoms with Crippen LogP contribution in [-0.2, 0) is 4.79 Å². The summed E-state index contributed by atoms with van der Waals surface area (Å²) < 4.78 is 5.62. The van der Waals surface area contributed by atoms with Crippen LogP contribution >= 0.6 is 0 Å². The molecule has 1 fully saturated rings. The van der Waals surface area contributed by atoms with Crippen molar-refractivity contribution >= 4 is 16.7 Å². The standard InChI is InChI=1S/C21H28N2O2/c1-17-7-4-5-13-23(17)14-6-12-22-21(24)16-25-20-11-10-18-8-2-3-9-19(18)15-20/h2-3,8-11,15,17H,4-7,12-14,16H2,1H3,(H,22,24)/p+1/t17-/m0/s1. The van der Waals surface area contributed by atoms with Crippen molar-refractivity contribution in [3.8, 4) is 5.75 Å². The van der Waals surface area contributed by atoms with Gasteiger partial charge in [0.15, 0.2) is 6.61 Å². The lowest BCUT2D eigenvalue weighted by Gasteiger charge is -2.30. The second-order valence-electron chi connectivity index (χ2n) is 7.06. The van der Waals surface area contributed by atoms with Gasteiger partial charge < -0.3 is 15.0 Å². The van der Waals surface area contributed by atoms with E-state index < -0.39 is 0 Å². The van der Waals surface area contributed by atoms with Crippen LogP contribution in [0.3, 0.4) is 0 Å². The number of fused-ring (bicyclic) bond motifs is 1. The van der Waals surface area contributed by atoms with E-state index in [1.54, 1.807) is 4.90 Å². The van der Waals surface area contributed by atoms with Gasteiger partial charge in [-0.25, -0.2) is 0 Å². The third-order valence-corrected chi connectivity index (χ3v) is 5.17. The van der Waals surface area contributed by atoms with Gasteiger partial charge in [0.1, 0.15) is 5.75 Å². The molecule has 4 heteroatoms. The number of amides is 1. The molecule has 1 aliphatic rings. The molecule has 1 heterocycles. The molecule has 4 nitrogen and oxygen atoms in total. The van der Waals surface area contributed by atoms with Gasteiger partial charge in [-0.2, -0.15) is 0 Å². The summed E-state index contributed by atoms with van der Waals surface area (Å²) in [5.41, 5.74) is 0. The Kier molecular flexibility index (Phi) is 6.29. The van der Waals surface area contributed by atoms with E-state index in [2.05, 4.69) is 18.3 Å². The molecular formula is C21H29N2O2+. The molecule has 25 heavy (non-hydrogen) atoms. The zero-order valence-electron chi connectivity index (χ0n) is 15.1. The highest BCUT2D eigenvalue weighted by molar-refractivity contribution is 5.84. The van der Waals surface area contributed by atoms with Crippen LogP contribution in [0.5, 0.6) is 5.75 Å². The van der Waals surface area contributed by atoms with Crippen molar-refractivity contribution in [2.75, 3.05) is 26.2 Å². The van der Waals surface area contributed by atoms with Crippen molar-refractivity contribution in [3.63, 3.8) is 0 Å². The quantitative estimate of drug-likeness (QED) is 0.758. The molecule has 1 unspecified atom stereocenters. The number of likely N-dealkylation sites (tertiary alicyclic amines) is 1. The molecule has 2 N–H and O–H groups in total. The van der Waals surface area contributed by atoms with Crippen LogP contribution in [0, 0.1) is 0 Å². The number of piperidine rings is 1. The Morgan fingerprint density at radius 3 is 2.88 bits per heavy atom. The summed E-state index contributed by atoms with van der Waals surface area (Å²) >= 11 is 0. The molecule has 0 spiro atoms. The fourth-order valence-electron chi connectivity index (χ4n) is 3.62. The van der Waals surface area contributed by atoms with Gasteiger partial charge in [0.05, 0.1) is 19.1 Å². The van der Waals surface area contributed by atoms with Gasteiger partial charge in [-0.15, -0.1) is 0 Å². The summed E-state index contributed by atoms with van der Waals surface area (Å²) in [6.45, 7) is 5.57. The summed E-state index contributed by atoms with van der Waals surface area (Å²) in [7, 11) is 0. The van der Waals surface area contributed by atoms with Gasteiger partial charge in [0, 0.05) is 13.0 Å². The minimum absolute atomic E-state index is 0.0464. The lowest BCUT2D eigenvalue weighted by molar-refractivity contribution is -0.928. The molecule has 1 saturated heterocycles. The SMILES string of the molecule is C[C@H]1CCCC[NH+]1CCCNC(=O)COc1ccc2ccccc2c1. The van der Waals surface area contributed by atoms with Crippen molar-refractivity contribution < 1.29 is 14.4 Å². The van der Waals surface area contributed by atoms with E-state index in [-0.39, 0.29) is 12.5 Å². The number of hydrogen-bond donors (Lipinski definition) is 2. The molecule has 1 amide bonds. The first kappa shape index (κ1) is 17.7. The molecule has 134 valence electrons. The Labute approximate surface area is 150 Å². The lowest BCUT2D eigenvalue weighted by Crippen LogP contribution is -3.16. The number of carbonyl (C=O) groups is 1. The van der Waals surface area contributed by atoms with Crippen molar-refractivity contribution in [1.82, 2.24) is 5.32 Å². The van der Waals surface area contributed by atoms with Gasteiger partial charge in [0.25, 0.3) is 5.91 Å². The first-order valence-electron chi connectivity index (χ1n) is 9.45. The summed E-state index contributed by atoms with van der Waals surface area (Å²) in [5.74, 6) is 0.690. The van der Waals surface area contributed by atoms with Gasteiger partial charge in [-0.1, -0.05) is 30.3 Å². The van der Waals surface area contributed by atoms with E-state index in [4.69, 9.17) is 4.74 Å². The molecule has 2 aromatic carbocycles. The van der Waals surface area contributed by atoms with Crippen LogP contribution in [-0.4, -0.2) is 38.2 Å². The molecule has 3 rings (SSSR count). The van der Waals surface area contributed by atoms with Crippen molar-refractivity contribution in [2.24, 2.45) is 0 Å². The number of benzene rings is 2. The first-order chi connectivity index (χ1) is 12.2. The fourth-order valence-corrected chi connectivity index (χ4v) is 3.62. The molecule has 0 radical (unpaired) electrons. The molecule has 0 aromatic heterocycles. The van der Waals surface area contributed by atoms with Crippen LogP contribution in [0.15, 0.2) is 42.5 Å². The Hall–Kier alpha value is -2.07. The normalized spacial score (nSPS) is 20.4. The molecule has 0 saturated carbocycles. The maximum atomic E-state index is 12.0. The average Bonchev–Trinajstić information content (AvgIpc) is 2.64. The average molecular weight is 341 g/mol. The predicted octanol–water partition coefficient (Wildman–Crippen LogP) is 2.18. The number of quaternary nitrogens is 1. The maximum absolute atomic E-state index is 12.0. The van der Waals surface area contributed by atoms with Crippen LogP contribution in [0.2, 0.25) is 0 Å². The van der Waals surface area contributed by atoms with Crippen LogP contribution in [0.1, 0.15) is 32.6 Å². The largest absolute Gasteiger partial charge is 0.484 e. The molecule has 0 bridgehead atoms. The highest BCUT2D eigenvalue weighted by atomic mass is 16.5. The first-order valence-corrected chi connectivity index (χ1v) is 9.45. The summed E-state index contributed by atoms with van der Waals surface area (Å²) in [6.07, 6.45) is 5.07. The second kappa shape index (κ2) is 8.86. The molecule has 0 aliphatic carbocycles. The molecule has 2 atom stereocenters. The summed E-state index contributed by atoms with van der Waals surface area (Å²) in [5, 5.41) is 5.27. The smallest absolute Gasteiger partial charge is 0.257 e. The minimum Gasteiger partial charge on any atom is -0.484 e. The predicted molar refractivity (Wildman–Crippen MR) is 101 cm³/mol. The zero-order valence-corrected chi connectivity index (χ0v) is 15.1. The van der Waals surface area contributed by atoms with E-state index in [0.29, 0.717) is 0 Å². The van der Waals surface area contributed by atoms with E-state index >= 15 is 0 Å². The lowest BCUT2D eigenvalue weighted by atomic mass is 10.0. The van der Waals surface area contributed by atoms with E-state index in [0.717, 1.165) is 36.7 Å². The monoisotopic (exact) mass is 341 g/mol. The Morgan fingerprint density at radius 2 is 2.04 bits per heavy atom. The van der Waals surface area contributed by atoms with Crippen LogP contribution in [0.25, 0.3) is 10.8 Å². The Balaban J connectivity index is 1.36. The second-order valence-corrected chi connectivity index (χ2v) is 7.06. The van der Waals surface area contributed by atoms with Crippen molar-refractivity contribution in [2.45, 2.75) is 38.6 Å². The van der Waals surface area contributed by atoms with E-state index in [1.165, 1.54) is 31.2 Å². The Bertz CT molecular complexity index is 701. The van der Waals surface area contributed by atoms with Gasteiger partial charge in [-0.3, -0.25) is 4.79 Å². The van der Waals surface area contributed by atoms with Crippen LogP contribution < -0.4 is 15.0 Å². The topological polar surface area (TPSA) is 42.8 Å². The van der Waals surface area contributed by atoms with Gasteiger partial charge in [0.2, 0.25) is 0 Å². The van der Waals surface area contributed by atoms with Crippen molar-refractivity contribution in [1.29, 1.82) is 0 Å². The third-order valence-electron chi connectivity index (χ3n) is 5.17. The number of rotatable bonds is 7. The highest BCUT2D eigenvalue weighted by Gasteiger charge is 2.20. The Morgan fingerprint density at radius 1 is 1.20 bits per heavy atom. The number of hydrogen-bond acceptors (Lipinski definition) is 2. The highest BCUT2D eigenvalue weighted by Crippen LogP contribution is 2.20. The number of nitrogens with one attached hydrogen (secondary N) is 2. The van der Waals surface area contributed by atoms with Gasteiger partial charge >= 0.3 is 0 Å². The number of carbonyl (C=O) groups excluding carboxylic acids is 1. The maximum Gasteiger partial charge on any atom is 0.257 e. The molecular weight excluding hydrogens is 312 g/mol. The number of ether oxygens (including phenoxy) is 1. The summed E-state index contributed by atoms with van der Waals surface area (Å²) in [6, 6.07) is 14.8.